The van der Waals surface area contributed by atoms with E-state index in [9.17, 15) is 13.6 Å². The number of hydrogen-bond donors (Lipinski definition) is 2. The van der Waals surface area contributed by atoms with Crippen LogP contribution >= 0.6 is 0 Å². The summed E-state index contributed by atoms with van der Waals surface area (Å²) in [7, 11) is 1.25. The Morgan fingerprint density at radius 1 is 1.41 bits per heavy atom. The van der Waals surface area contributed by atoms with Gasteiger partial charge in [-0.05, 0) is 17.7 Å². The molecule has 0 spiro atoms. The highest BCUT2D eigenvalue weighted by Gasteiger charge is 2.17. The molecule has 0 unspecified atom stereocenters. The van der Waals surface area contributed by atoms with Crippen LogP contribution in [0.1, 0.15) is 11.6 Å². The van der Waals surface area contributed by atoms with Crippen molar-refractivity contribution in [2.75, 3.05) is 7.11 Å². The van der Waals surface area contributed by atoms with Crippen LogP contribution in [0.2, 0.25) is 0 Å². The maximum absolute atomic E-state index is 12.0. The molecule has 1 aromatic rings. The van der Waals surface area contributed by atoms with Crippen LogP contribution in [0.15, 0.2) is 18.2 Å². The summed E-state index contributed by atoms with van der Waals surface area (Å²) in [5.74, 6) is -1.40. The van der Waals surface area contributed by atoms with Gasteiger partial charge in [0.05, 0.1) is 7.11 Å². The van der Waals surface area contributed by atoms with E-state index in [0.717, 1.165) is 0 Å². The third kappa shape index (κ3) is 3.28. The molecular weight excluding hydrogens is 236 g/mol. The van der Waals surface area contributed by atoms with Crippen LogP contribution in [-0.2, 0) is 4.79 Å². The molecule has 0 aromatic heterocycles. The van der Waals surface area contributed by atoms with Crippen molar-refractivity contribution in [2.24, 2.45) is 5.73 Å². The lowest BCUT2D eigenvalue weighted by Gasteiger charge is -2.13. The Kier molecular flexibility index (Phi) is 4.22. The van der Waals surface area contributed by atoms with E-state index < -0.39 is 18.6 Å². The average Bonchev–Trinajstić information content (AvgIpc) is 2.27. The van der Waals surface area contributed by atoms with Crippen molar-refractivity contribution >= 4 is 5.97 Å². The monoisotopic (exact) mass is 247 g/mol. The molecule has 0 bridgehead atoms. The molecule has 0 aliphatic carbocycles. The van der Waals surface area contributed by atoms with E-state index >= 15 is 0 Å². The van der Waals surface area contributed by atoms with Gasteiger partial charge >= 0.3 is 12.6 Å². The van der Waals surface area contributed by atoms with Crippen molar-refractivity contribution in [3.05, 3.63) is 23.8 Å². The SMILES string of the molecule is COc1cc([C@H](N)C(=O)O)ccc1OC(F)F. The van der Waals surface area contributed by atoms with Crippen LogP contribution in [0.5, 0.6) is 11.5 Å². The maximum Gasteiger partial charge on any atom is 0.387 e. The number of carboxylic acid groups (broad SMARTS) is 1. The fourth-order valence-electron chi connectivity index (χ4n) is 1.21. The van der Waals surface area contributed by atoms with Crippen LogP contribution in [-0.4, -0.2) is 24.8 Å². The molecule has 0 fully saturated rings. The van der Waals surface area contributed by atoms with E-state index in [2.05, 4.69) is 4.74 Å². The van der Waals surface area contributed by atoms with E-state index in [1.54, 1.807) is 0 Å². The number of aliphatic carboxylic acids is 1. The normalized spacial score (nSPS) is 12.3. The van der Waals surface area contributed by atoms with Gasteiger partial charge in [-0.25, -0.2) is 0 Å². The molecule has 1 atom stereocenters. The number of nitrogens with two attached hydrogens (primary N) is 1. The highest BCUT2D eigenvalue weighted by atomic mass is 19.3. The van der Waals surface area contributed by atoms with E-state index in [0.29, 0.717) is 0 Å². The summed E-state index contributed by atoms with van der Waals surface area (Å²) in [5.41, 5.74) is 5.60. The van der Waals surface area contributed by atoms with E-state index in [4.69, 9.17) is 15.6 Å². The predicted octanol–water partition coefficient (Wildman–Crippen LogP) is 1.38. The first-order chi connectivity index (χ1) is 7.95. The number of halogens is 2. The number of methoxy groups -OCH3 is 1. The quantitative estimate of drug-likeness (QED) is 0.821. The van der Waals surface area contributed by atoms with Gasteiger partial charge in [-0.2, -0.15) is 8.78 Å². The lowest BCUT2D eigenvalue weighted by Crippen LogP contribution is -2.20. The van der Waals surface area contributed by atoms with Gasteiger partial charge in [0.15, 0.2) is 11.5 Å². The molecule has 94 valence electrons. The standard InChI is InChI=1S/C10H11F2NO4/c1-16-7-4-5(8(13)9(14)15)2-3-6(7)17-10(11)12/h2-4,8,10H,13H2,1H3,(H,14,15)/t8-/m0/s1. The highest BCUT2D eigenvalue weighted by Crippen LogP contribution is 2.31. The predicted molar refractivity (Wildman–Crippen MR) is 54.2 cm³/mol. The molecule has 0 heterocycles. The molecule has 0 saturated carbocycles. The summed E-state index contributed by atoms with van der Waals surface area (Å²) >= 11 is 0. The summed E-state index contributed by atoms with van der Waals surface area (Å²) in [6.45, 7) is -2.98. The zero-order valence-electron chi connectivity index (χ0n) is 8.89. The molecule has 1 aromatic carbocycles. The molecule has 0 aliphatic heterocycles. The minimum atomic E-state index is -2.98. The molecule has 3 N–H and O–H groups in total. The summed E-state index contributed by atoms with van der Waals surface area (Å²) in [6, 6.07) is 2.48. The number of hydrogen-bond acceptors (Lipinski definition) is 4. The van der Waals surface area contributed by atoms with Crippen LogP contribution < -0.4 is 15.2 Å². The van der Waals surface area contributed by atoms with Gasteiger partial charge in [0.2, 0.25) is 0 Å². The van der Waals surface area contributed by atoms with Crippen molar-refractivity contribution in [3.63, 3.8) is 0 Å². The fraction of sp³-hybridized carbons (Fsp3) is 0.300. The summed E-state index contributed by atoms with van der Waals surface area (Å²) in [5, 5.41) is 8.70. The number of benzene rings is 1. The van der Waals surface area contributed by atoms with E-state index in [-0.39, 0.29) is 17.1 Å². The van der Waals surface area contributed by atoms with Gasteiger partial charge in [0, 0.05) is 0 Å². The topological polar surface area (TPSA) is 81.8 Å². The van der Waals surface area contributed by atoms with E-state index in [1.807, 2.05) is 0 Å². The third-order valence-corrected chi connectivity index (χ3v) is 2.03. The van der Waals surface area contributed by atoms with Crippen LogP contribution in [0.3, 0.4) is 0 Å². The highest BCUT2D eigenvalue weighted by molar-refractivity contribution is 5.75. The van der Waals surface area contributed by atoms with Gasteiger partial charge in [-0.3, -0.25) is 4.79 Å². The van der Waals surface area contributed by atoms with Crippen LogP contribution in [0.25, 0.3) is 0 Å². The Morgan fingerprint density at radius 2 is 2.06 bits per heavy atom. The van der Waals surface area contributed by atoms with E-state index in [1.165, 1.54) is 25.3 Å². The zero-order chi connectivity index (χ0) is 13.0. The zero-order valence-corrected chi connectivity index (χ0v) is 8.89. The first kappa shape index (κ1) is 13.2. The number of carboxylic acids is 1. The molecule has 7 heteroatoms. The van der Waals surface area contributed by atoms with Crippen molar-refractivity contribution < 1.29 is 28.2 Å². The fourth-order valence-corrected chi connectivity index (χ4v) is 1.21. The Bertz CT molecular complexity index is 411. The molecule has 17 heavy (non-hydrogen) atoms. The second-order valence-corrected chi connectivity index (χ2v) is 3.10. The lowest BCUT2D eigenvalue weighted by molar-refractivity contribution is -0.138. The van der Waals surface area contributed by atoms with Gasteiger partial charge in [-0.15, -0.1) is 0 Å². The van der Waals surface area contributed by atoms with Crippen LogP contribution in [0, 0.1) is 0 Å². The van der Waals surface area contributed by atoms with Crippen molar-refractivity contribution in [2.45, 2.75) is 12.7 Å². The Labute approximate surface area is 95.7 Å². The molecule has 0 amide bonds. The van der Waals surface area contributed by atoms with Gasteiger partial charge in [0.1, 0.15) is 6.04 Å². The number of carbonyl (C=O) groups is 1. The number of ether oxygens (including phenoxy) is 2. The van der Waals surface area contributed by atoms with Crippen molar-refractivity contribution in [1.82, 2.24) is 0 Å². The minimum Gasteiger partial charge on any atom is -0.493 e. The summed E-state index contributed by atoms with van der Waals surface area (Å²) in [6.07, 6.45) is 0. The maximum atomic E-state index is 12.0. The second kappa shape index (κ2) is 5.44. The lowest BCUT2D eigenvalue weighted by atomic mass is 10.1. The third-order valence-electron chi connectivity index (χ3n) is 2.03. The first-order valence-corrected chi connectivity index (χ1v) is 4.57. The number of alkyl halides is 2. The Balaban J connectivity index is 3.03. The molecule has 5 nitrogen and oxygen atoms in total. The van der Waals surface area contributed by atoms with Crippen molar-refractivity contribution in [3.8, 4) is 11.5 Å². The summed E-state index contributed by atoms with van der Waals surface area (Å²) in [4.78, 5) is 10.6. The largest absolute Gasteiger partial charge is 0.493 e. The number of rotatable bonds is 5. The average molecular weight is 247 g/mol. The van der Waals surface area contributed by atoms with Gasteiger partial charge in [0.25, 0.3) is 0 Å². The molecule has 1 rings (SSSR count). The molecule has 0 saturated heterocycles. The molecule has 0 aliphatic rings. The smallest absolute Gasteiger partial charge is 0.387 e. The van der Waals surface area contributed by atoms with Crippen molar-refractivity contribution in [1.29, 1.82) is 0 Å². The van der Waals surface area contributed by atoms with Gasteiger partial charge < -0.3 is 20.3 Å². The Morgan fingerprint density at radius 3 is 2.53 bits per heavy atom. The second-order valence-electron chi connectivity index (χ2n) is 3.10. The Hall–Kier alpha value is -1.89. The first-order valence-electron chi connectivity index (χ1n) is 4.57. The summed E-state index contributed by atoms with van der Waals surface area (Å²) < 4.78 is 33.1. The van der Waals surface area contributed by atoms with Gasteiger partial charge in [-0.1, -0.05) is 6.07 Å². The minimum absolute atomic E-state index is 0.000463. The molecule has 0 radical (unpaired) electrons. The molecular formula is C10H11F2NO4. The van der Waals surface area contributed by atoms with Crippen LogP contribution in [0.4, 0.5) is 8.78 Å².